The van der Waals surface area contributed by atoms with E-state index >= 15 is 0 Å². The summed E-state index contributed by atoms with van der Waals surface area (Å²) in [6, 6.07) is -0.805. The van der Waals surface area contributed by atoms with Gasteiger partial charge >= 0.3 is 5.97 Å². The van der Waals surface area contributed by atoms with Crippen molar-refractivity contribution in [3.63, 3.8) is 0 Å². The molecule has 0 aromatic carbocycles. The van der Waals surface area contributed by atoms with Crippen LogP contribution in [0.15, 0.2) is 36.5 Å². The number of carbonyl (C=O) groups is 2. The second-order valence-corrected chi connectivity index (χ2v) is 24.6. The molecule has 7 atom stereocenters. The van der Waals surface area contributed by atoms with Gasteiger partial charge in [-0.25, -0.2) is 0 Å². The normalized spacial score (nSPS) is 18.4. The predicted octanol–water partition coefficient (Wildman–Crippen LogP) is 17.8. The van der Waals surface area contributed by atoms with Gasteiger partial charge in [0, 0.05) is 12.8 Å². The van der Waals surface area contributed by atoms with Crippen molar-refractivity contribution in [2.24, 2.45) is 0 Å². The molecule has 1 aliphatic rings. The van der Waals surface area contributed by atoms with Crippen LogP contribution in [0.1, 0.15) is 341 Å². The topological polar surface area (TPSA) is 175 Å². The molecule has 82 heavy (non-hydrogen) atoms. The minimum Gasteiger partial charge on any atom is -0.466 e. The highest BCUT2D eigenvalue weighted by Gasteiger charge is 2.44. The summed E-state index contributed by atoms with van der Waals surface area (Å²) in [5.74, 6) is -0.180. The second kappa shape index (κ2) is 60.6. The maximum Gasteiger partial charge on any atom is 0.305 e. The Bertz CT molecular complexity index is 1460. The molecule has 0 spiro atoms. The quantitative estimate of drug-likeness (QED) is 0.0195. The first-order valence-electron chi connectivity index (χ1n) is 35.3. The molecule has 482 valence electrons. The molecule has 0 aromatic rings. The zero-order valence-corrected chi connectivity index (χ0v) is 53.5. The van der Waals surface area contributed by atoms with Crippen molar-refractivity contribution >= 4 is 11.9 Å². The lowest BCUT2D eigenvalue weighted by atomic mass is 9.99. The zero-order valence-electron chi connectivity index (χ0n) is 53.5. The molecule has 0 radical (unpaired) electrons. The third-order valence-electron chi connectivity index (χ3n) is 16.7. The van der Waals surface area contributed by atoms with E-state index in [4.69, 9.17) is 14.2 Å². The van der Waals surface area contributed by atoms with Crippen molar-refractivity contribution < 1.29 is 49.3 Å². The molecule has 11 heteroatoms. The third-order valence-corrected chi connectivity index (χ3v) is 16.7. The molecule has 0 aliphatic carbocycles. The number of amides is 1. The minimum atomic E-state index is -1.57. The first-order valence-corrected chi connectivity index (χ1v) is 35.3. The molecular formula is C71H133NO10. The van der Waals surface area contributed by atoms with Gasteiger partial charge in [-0.3, -0.25) is 9.59 Å². The van der Waals surface area contributed by atoms with Gasteiger partial charge in [0.05, 0.1) is 32.0 Å². The highest BCUT2D eigenvalue weighted by atomic mass is 16.7. The van der Waals surface area contributed by atoms with Gasteiger partial charge in [-0.1, -0.05) is 307 Å². The van der Waals surface area contributed by atoms with Gasteiger partial charge < -0.3 is 45.1 Å². The number of unbranched alkanes of at least 4 members (excludes halogenated alkanes) is 44. The van der Waals surface area contributed by atoms with Crippen LogP contribution in [-0.4, -0.2) is 100 Å². The average molecular weight is 1160 g/mol. The second-order valence-electron chi connectivity index (χ2n) is 24.6. The van der Waals surface area contributed by atoms with E-state index in [2.05, 4.69) is 43.5 Å². The molecule has 1 aliphatic heterocycles. The summed E-state index contributed by atoms with van der Waals surface area (Å²) in [6.07, 6.45) is 67.3. The molecule has 7 unspecified atom stereocenters. The molecule has 0 saturated carbocycles. The van der Waals surface area contributed by atoms with Crippen LogP contribution in [0, 0.1) is 0 Å². The van der Waals surface area contributed by atoms with Crippen molar-refractivity contribution in [1.82, 2.24) is 5.32 Å². The molecule has 0 aromatic heterocycles. The van der Waals surface area contributed by atoms with E-state index in [0.29, 0.717) is 19.4 Å². The Balaban J connectivity index is 1.89. The molecule has 1 amide bonds. The smallest absolute Gasteiger partial charge is 0.305 e. The molecule has 0 bridgehead atoms. The number of esters is 1. The van der Waals surface area contributed by atoms with Gasteiger partial charge in [-0.15, -0.1) is 0 Å². The van der Waals surface area contributed by atoms with E-state index in [-0.39, 0.29) is 18.5 Å². The Morgan fingerprint density at radius 3 is 1.27 bits per heavy atom. The maximum absolute atomic E-state index is 13.0. The summed E-state index contributed by atoms with van der Waals surface area (Å²) in [5, 5.41) is 54.3. The van der Waals surface area contributed by atoms with Crippen molar-refractivity contribution in [2.45, 2.75) is 384 Å². The highest BCUT2D eigenvalue weighted by Crippen LogP contribution is 2.23. The van der Waals surface area contributed by atoms with E-state index in [1.807, 2.05) is 6.08 Å². The lowest BCUT2D eigenvalue weighted by Crippen LogP contribution is -2.60. The number of hydrogen-bond donors (Lipinski definition) is 6. The van der Waals surface area contributed by atoms with Crippen molar-refractivity contribution in [2.75, 3.05) is 19.8 Å². The van der Waals surface area contributed by atoms with Gasteiger partial charge in [-0.05, 0) is 57.8 Å². The third kappa shape index (κ3) is 49.0. The van der Waals surface area contributed by atoms with Crippen molar-refractivity contribution in [3.8, 4) is 0 Å². The van der Waals surface area contributed by atoms with Crippen LogP contribution in [0.3, 0.4) is 0 Å². The van der Waals surface area contributed by atoms with Gasteiger partial charge in [0.2, 0.25) is 5.91 Å². The Hall–Kier alpha value is -2.12. The van der Waals surface area contributed by atoms with E-state index in [1.54, 1.807) is 6.08 Å². The molecular weight excluding hydrogens is 1030 g/mol. The van der Waals surface area contributed by atoms with E-state index in [9.17, 15) is 35.1 Å². The number of carbonyl (C=O) groups excluding carboxylic acids is 2. The van der Waals surface area contributed by atoms with E-state index < -0.39 is 49.5 Å². The minimum absolute atomic E-state index is 0.00182. The number of nitrogens with one attached hydrogen (secondary N) is 1. The van der Waals surface area contributed by atoms with Crippen LogP contribution in [0.5, 0.6) is 0 Å². The van der Waals surface area contributed by atoms with E-state index in [0.717, 1.165) is 64.2 Å². The number of rotatable bonds is 62. The fourth-order valence-electron chi connectivity index (χ4n) is 11.2. The highest BCUT2D eigenvalue weighted by molar-refractivity contribution is 5.76. The Morgan fingerprint density at radius 2 is 0.829 bits per heavy atom. The summed E-state index contributed by atoms with van der Waals surface area (Å²) in [7, 11) is 0. The Labute approximate surface area is 504 Å². The number of aliphatic hydroxyl groups is 5. The monoisotopic (exact) mass is 1160 g/mol. The van der Waals surface area contributed by atoms with Crippen molar-refractivity contribution in [1.29, 1.82) is 0 Å². The number of hydrogen-bond acceptors (Lipinski definition) is 10. The van der Waals surface area contributed by atoms with Crippen LogP contribution >= 0.6 is 0 Å². The van der Waals surface area contributed by atoms with Gasteiger partial charge in [-0.2, -0.15) is 0 Å². The lowest BCUT2D eigenvalue weighted by Gasteiger charge is -2.40. The first kappa shape index (κ1) is 77.9. The number of allylic oxidation sites excluding steroid dienone is 5. The van der Waals surface area contributed by atoms with Crippen molar-refractivity contribution in [3.05, 3.63) is 36.5 Å². The molecule has 6 N–H and O–H groups in total. The number of ether oxygens (including phenoxy) is 3. The molecule has 1 fully saturated rings. The standard InChI is InChI=1S/C71H133NO10/c1-3-5-7-9-11-13-14-15-36-39-43-47-51-55-59-67(76)80-60-56-52-48-44-40-37-34-32-30-28-26-24-22-20-18-16-17-19-21-23-25-27-29-31-33-35-38-42-46-50-54-58-66(75)72-63(64(74)57-53-49-45-41-12-10-8-6-4-2)62-81-71-70(79)69(78)68(77)65(61-73)82-71/h9,11,14-15,53,57,63-65,68-71,73-74,77-79H,3-8,10,12-13,16-52,54-56,58-62H2,1-2H3,(H,72,75)/b11-9-,15-14-,57-53+. The van der Waals surface area contributed by atoms with Crippen LogP contribution in [0.2, 0.25) is 0 Å². The lowest BCUT2D eigenvalue weighted by molar-refractivity contribution is -0.302. The van der Waals surface area contributed by atoms with Crippen LogP contribution < -0.4 is 5.32 Å². The summed E-state index contributed by atoms with van der Waals surface area (Å²) < 4.78 is 16.7. The largest absolute Gasteiger partial charge is 0.466 e. The van der Waals surface area contributed by atoms with Crippen LogP contribution in [0.4, 0.5) is 0 Å². The first-order chi connectivity index (χ1) is 40.2. The molecule has 1 saturated heterocycles. The maximum atomic E-state index is 13.0. The Kier molecular flexibility index (Phi) is 57.5. The summed E-state index contributed by atoms with van der Waals surface area (Å²) in [4.78, 5) is 25.1. The summed E-state index contributed by atoms with van der Waals surface area (Å²) in [6.45, 7) is 4.30. The summed E-state index contributed by atoms with van der Waals surface area (Å²) >= 11 is 0. The predicted molar refractivity (Wildman–Crippen MR) is 343 cm³/mol. The molecule has 11 nitrogen and oxygen atoms in total. The van der Waals surface area contributed by atoms with Gasteiger partial charge in [0.25, 0.3) is 0 Å². The van der Waals surface area contributed by atoms with Crippen LogP contribution in [-0.2, 0) is 23.8 Å². The number of aliphatic hydroxyl groups excluding tert-OH is 5. The Morgan fingerprint density at radius 1 is 0.451 bits per heavy atom. The van der Waals surface area contributed by atoms with Gasteiger partial charge in [0.15, 0.2) is 6.29 Å². The van der Waals surface area contributed by atoms with E-state index in [1.165, 1.54) is 250 Å². The average Bonchev–Trinajstić information content (AvgIpc) is 3.64. The molecule has 1 heterocycles. The summed E-state index contributed by atoms with van der Waals surface area (Å²) in [5.41, 5.74) is 0. The fourth-order valence-corrected chi connectivity index (χ4v) is 11.2. The zero-order chi connectivity index (χ0) is 59.5. The fraction of sp³-hybridized carbons (Fsp3) is 0.887. The van der Waals surface area contributed by atoms with Crippen LogP contribution in [0.25, 0.3) is 0 Å². The molecule has 1 rings (SSSR count). The SMILES string of the molecule is CCCC/C=C\C/C=C\CCCCCCCC(=O)OCCCCCCCCCCCCCCCCCCCCCCCCCCCCCCCCCC(=O)NC(COC1OC(CO)C(O)C(O)C1O)C(O)/C=C/CCCCCCCCC. The van der Waals surface area contributed by atoms with Gasteiger partial charge in [0.1, 0.15) is 24.4 Å².